The van der Waals surface area contributed by atoms with E-state index in [9.17, 15) is 68.1 Å². The smallest absolute Gasteiger partial charge is 0.326 e. The van der Waals surface area contributed by atoms with Crippen LogP contribution in [-0.4, -0.2) is 135 Å². The zero-order valence-corrected chi connectivity index (χ0v) is 51.9. The van der Waals surface area contributed by atoms with Gasteiger partial charge in [-0.05, 0) is 80.0 Å². The van der Waals surface area contributed by atoms with Gasteiger partial charge in [-0.2, -0.15) is 0 Å². The number of unbranched alkanes of at least 4 members (excludes halogenated alkanes) is 5. The molecule has 0 heterocycles. The second-order valence-corrected chi connectivity index (χ2v) is 24.6. The topological polar surface area (TPSA) is 371 Å². The Morgan fingerprint density at radius 3 is 1.13 bits per heavy atom. The molecule has 0 aromatic rings. The van der Waals surface area contributed by atoms with Gasteiger partial charge in [0.1, 0.15) is 48.3 Å². The minimum atomic E-state index is -1.76. The minimum Gasteiger partial charge on any atom is -0.481 e. The number of aliphatic hydroxyl groups is 1. The second-order valence-electron chi connectivity index (χ2n) is 24.6. The van der Waals surface area contributed by atoms with Crippen molar-refractivity contribution in [1.82, 2.24) is 42.5 Å². The number of aliphatic hydroxyl groups excluding tert-OH is 1. The van der Waals surface area contributed by atoms with Gasteiger partial charge < -0.3 is 63.6 Å². The lowest BCUT2D eigenvalue weighted by molar-refractivity contribution is -0.144. The summed E-state index contributed by atoms with van der Waals surface area (Å²) in [7, 11) is 0. The van der Waals surface area contributed by atoms with E-state index in [-0.39, 0.29) is 68.6 Å². The number of aliphatic carboxylic acids is 2. The zero-order valence-electron chi connectivity index (χ0n) is 51.9. The van der Waals surface area contributed by atoms with E-state index in [4.69, 9.17) is 5.73 Å². The van der Waals surface area contributed by atoms with Gasteiger partial charge in [-0.1, -0.05) is 155 Å². The first-order valence-corrected chi connectivity index (χ1v) is 30.1. The predicted octanol–water partition coefficient (Wildman–Crippen LogP) is 4.49. The van der Waals surface area contributed by atoms with Crippen molar-refractivity contribution in [2.24, 2.45) is 47.2 Å². The van der Waals surface area contributed by atoms with Crippen LogP contribution in [0.5, 0.6) is 0 Å². The number of hydrogen-bond acceptors (Lipinski definition) is 12. The minimum absolute atomic E-state index is 0.0376. The quantitative estimate of drug-likeness (QED) is 0.0374. The lowest BCUT2D eigenvalue weighted by atomic mass is 9.97. The van der Waals surface area contributed by atoms with Crippen LogP contribution in [0.15, 0.2) is 0 Å². The SMILES string of the molecule is CCC(C)CCCCCCCCC(O)CC(=O)N[C@@H](CCC(N)=O)C(=O)N[C@@H](CC(C)C)C(=O)N[C@@H](CC(C)C)C(=O)N[C@H](CC(C)C)C(=O)N[C@H](C(=O)N[C@@H](CC(=O)O)C(=O)N[C@H](CC(C)C)C(=O)N[C@H](C(=O)O)[C@@H](C)CC)C(C)C. The standard InChI is InChI=1S/C59H107N9O14/c1-15-38(13)23-21-19-17-18-20-22-24-40(69)31-48(71)61-41(25-26-47(60)70)52(74)62-42(27-33(3)4)53(75)63-43(28-34(5)6)54(76)64-44(29-35(7)8)56(78)67-50(37(11)12)58(80)66-46(32-49(72)73)55(77)65-45(30-36(9)10)57(79)68-51(59(81)82)39(14)16-2/h33-46,50-51,69H,15-32H2,1-14H3,(H2,60,70)(H,61,71)(H,62,74)(H,63,75)(H,64,76)(H,65,77)(H,66,80)(H,67,78)(H,68,79)(H,72,73)(H,81,82)/t38?,39-,40?,41-,42-,43-,44+,45+,46-,50-,51-/m0/s1. The number of hydrogen-bond donors (Lipinski definition) is 12. The Bertz CT molecular complexity index is 2030. The maximum atomic E-state index is 14.3. The first-order valence-electron chi connectivity index (χ1n) is 30.1. The van der Waals surface area contributed by atoms with Gasteiger partial charge in [-0.15, -0.1) is 0 Å². The fourth-order valence-corrected chi connectivity index (χ4v) is 9.18. The molecule has 0 rings (SSSR count). The molecule has 23 nitrogen and oxygen atoms in total. The number of amides is 9. The number of nitrogens with one attached hydrogen (secondary N) is 8. The van der Waals surface area contributed by atoms with Crippen molar-refractivity contribution in [3.63, 3.8) is 0 Å². The van der Waals surface area contributed by atoms with Crippen molar-refractivity contribution in [2.75, 3.05) is 0 Å². The lowest BCUT2D eigenvalue weighted by Crippen LogP contribution is -2.61. The van der Waals surface area contributed by atoms with E-state index in [1.807, 2.05) is 27.7 Å². The lowest BCUT2D eigenvalue weighted by Gasteiger charge is -2.30. The molecule has 0 aliphatic heterocycles. The fraction of sp³-hybridized carbons (Fsp3) is 0.814. The molecular weight excluding hydrogens is 1060 g/mol. The van der Waals surface area contributed by atoms with Gasteiger partial charge in [0.05, 0.1) is 18.9 Å². The van der Waals surface area contributed by atoms with Gasteiger partial charge in [0.15, 0.2) is 0 Å². The summed E-state index contributed by atoms with van der Waals surface area (Å²) in [5.74, 6) is -11.2. The van der Waals surface area contributed by atoms with Crippen LogP contribution in [0.2, 0.25) is 0 Å². The highest BCUT2D eigenvalue weighted by Crippen LogP contribution is 2.18. The van der Waals surface area contributed by atoms with Crippen LogP contribution in [0, 0.1) is 41.4 Å². The van der Waals surface area contributed by atoms with Crippen LogP contribution in [0.3, 0.4) is 0 Å². The fourth-order valence-electron chi connectivity index (χ4n) is 9.18. The third kappa shape index (κ3) is 32.7. The van der Waals surface area contributed by atoms with Crippen molar-refractivity contribution in [1.29, 1.82) is 0 Å². The number of carbonyl (C=O) groups is 11. The summed E-state index contributed by atoms with van der Waals surface area (Å²) in [5.41, 5.74) is 5.42. The third-order valence-corrected chi connectivity index (χ3v) is 14.3. The monoisotopic (exact) mass is 1170 g/mol. The largest absolute Gasteiger partial charge is 0.481 e. The molecule has 82 heavy (non-hydrogen) atoms. The zero-order chi connectivity index (χ0) is 63.0. The molecule has 0 fully saturated rings. The van der Waals surface area contributed by atoms with E-state index >= 15 is 0 Å². The maximum absolute atomic E-state index is 14.3. The summed E-state index contributed by atoms with van der Waals surface area (Å²) in [4.78, 5) is 147. The third-order valence-electron chi connectivity index (χ3n) is 14.3. The molecule has 0 bridgehead atoms. The number of rotatable bonds is 44. The molecule has 472 valence electrons. The van der Waals surface area contributed by atoms with Crippen LogP contribution >= 0.6 is 0 Å². The predicted molar refractivity (Wildman–Crippen MR) is 313 cm³/mol. The number of primary amides is 1. The molecule has 23 heteroatoms. The Labute approximate surface area is 488 Å². The molecule has 0 aliphatic rings. The number of carboxylic acids is 2. The van der Waals surface area contributed by atoms with E-state index in [2.05, 4.69) is 56.4 Å². The Kier molecular flexibility index (Phi) is 37.5. The number of carboxylic acid groups (broad SMARTS) is 2. The summed E-state index contributed by atoms with van der Waals surface area (Å²) < 4.78 is 0. The van der Waals surface area contributed by atoms with Gasteiger partial charge in [0.25, 0.3) is 0 Å². The molecule has 0 spiro atoms. The first kappa shape index (κ1) is 76.1. The summed E-state index contributed by atoms with van der Waals surface area (Å²) in [6.07, 6.45) is 6.92. The number of carbonyl (C=O) groups excluding carboxylic acids is 9. The molecule has 11 atom stereocenters. The van der Waals surface area contributed by atoms with Crippen molar-refractivity contribution in [2.45, 2.75) is 267 Å². The van der Waals surface area contributed by atoms with Crippen LogP contribution in [0.1, 0.15) is 213 Å². The molecule has 0 aromatic carbocycles. The van der Waals surface area contributed by atoms with E-state index in [0.29, 0.717) is 12.8 Å². The second kappa shape index (κ2) is 40.4. The van der Waals surface area contributed by atoms with Crippen molar-refractivity contribution in [3.05, 3.63) is 0 Å². The highest BCUT2D eigenvalue weighted by atomic mass is 16.4. The summed E-state index contributed by atoms with van der Waals surface area (Å²) in [6, 6.07) is -10.8. The number of nitrogens with two attached hydrogens (primary N) is 1. The van der Waals surface area contributed by atoms with E-state index in [1.165, 1.54) is 19.3 Å². The van der Waals surface area contributed by atoms with Crippen LogP contribution in [0.4, 0.5) is 0 Å². The average molecular weight is 1170 g/mol. The summed E-state index contributed by atoms with van der Waals surface area (Å²) >= 11 is 0. The average Bonchev–Trinajstić information content (AvgIpc) is 3.37. The van der Waals surface area contributed by atoms with E-state index in [1.54, 1.807) is 55.4 Å². The molecule has 0 aliphatic carbocycles. The molecule has 2 unspecified atom stereocenters. The van der Waals surface area contributed by atoms with Crippen molar-refractivity contribution < 1.29 is 68.1 Å². The van der Waals surface area contributed by atoms with Crippen LogP contribution in [-0.2, 0) is 52.7 Å². The van der Waals surface area contributed by atoms with Gasteiger partial charge in [0, 0.05) is 6.42 Å². The molecule has 0 saturated heterocycles. The highest BCUT2D eigenvalue weighted by Gasteiger charge is 2.37. The van der Waals surface area contributed by atoms with Gasteiger partial charge >= 0.3 is 11.9 Å². The van der Waals surface area contributed by atoms with Gasteiger partial charge in [0.2, 0.25) is 53.2 Å². The van der Waals surface area contributed by atoms with Crippen molar-refractivity contribution >= 4 is 65.1 Å². The Hall–Kier alpha value is -5.87. The normalized spacial score (nSPS) is 15.6. The molecule has 0 aromatic heterocycles. The summed E-state index contributed by atoms with van der Waals surface area (Å²) in [6.45, 7) is 25.4. The van der Waals surface area contributed by atoms with Crippen molar-refractivity contribution in [3.8, 4) is 0 Å². The Balaban J connectivity index is 6.43. The molecule has 13 N–H and O–H groups in total. The maximum Gasteiger partial charge on any atom is 0.326 e. The molecule has 0 saturated carbocycles. The first-order chi connectivity index (χ1) is 38.2. The van der Waals surface area contributed by atoms with Crippen LogP contribution < -0.4 is 48.3 Å². The summed E-state index contributed by atoms with van der Waals surface area (Å²) in [5, 5.41) is 51.0. The van der Waals surface area contributed by atoms with E-state index < -0.39 is 138 Å². The molecular formula is C59H107N9O14. The molecule has 9 amide bonds. The molecule has 0 radical (unpaired) electrons. The van der Waals surface area contributed by atoms with E-state index in [0.717, 1.165) is 38.0 Å². The van der Waals surface area contributed by atoms with Crippen LogP contribution in [0.25, 0.3) is 0 Å². The Morgan fingerprint density at radius 1 is 0.402 bits per heavy atom. The van der Waals surface area contributed by atoms with Gasteiger partial charge in [-0.3, -0.25) is 47.9 Å². The highest BCUT2D eigenvalue weighted by molar-refractivity contribution is 5.98. The Morgan fingerprint density at radius 2 is 0.768 bits per heavy atom. The van der Waals surface area contributed by atoms with Gasteiger partial charge in [-0.25, -0.2) is 4.79 Å².